The molecule has 0 spiro atoms. The number of hydrogen-bond donors (Lipinski definition) is 1. The standard InChI is InChI=1S/C23H25N5O2S/c1-15-9-10-19(12-16(15)2)28(23(30)20-14-31-27-26-20)21(17-6-5-11-24-13-17)22(29)25-18-7-3-4-8-18/h5-6,9-14,18,21H,3-4,7-8H2,1-2H3,(H,25,29). The third kappa shape index (κ3) is 4.64. The van der Waals surface area contributed by atoms with E-state index in [1.54, 1.807) is 23.8 Å². The first-order valence-electron chi connectivity index (χ1n) is 10.4. The molecule has 31 heavy (non-hydrogen) atoms. The summed E-state index contributed by atoms with van der Waals surface area (Å²) in [5.74, 6) is -0.581. The summed E-state index contributed by atoms with van der Waals surface area (Å²) in [6.07, 6.45) is 7.42. The zero-order valence-electron chi connectivity index (χ0n) is 17.6. The lowest BCUT2D eigenvalue weighted by atomic mass is 10.0. The quantitative estimate of drug-likeness (QED) is 0.632. The van der Waals surface area contributed by atoms with Gasteiger partial charge in [-0.05, 0) is 67.5 Å². The molecule has 1 fully saturated rings. The minimum absolute atomic E-state index is 0.129. The molecular formula is C23H25N5O2S. The first-order chi connectivity index (χ1) is 15.0. The molecule has 0 bridgehead atoms. The fraction of sp³-hybridized carbons (Fsp3) is 0.348. The Bertz CT molecular complexity index is 1050. The molecule has 1 atom stereocenters. The van der Waals surface area contributed by atoms with E-state index >= 15 is 0 Å². The van der Waals surface area contributed by atoms with E-state index in [4.69, 9.17) is 0 Å². The van der Waals surface area contributed by atoms with Gasteiger partial charge in [-0.3, -0.25) is 19.5 Å². The molecule has 1 aliphatic carbocycles. The minimum Gasteiger partial charge on any atom is -0.351 e. The number of pyridine rings is 1. The van der Waals surface area contributed by atoms with Crippen LogP contribution in [-0.2, 0) is 4.79 Å². The van der Waals surface area contributed by atoms with Gasteiger partial charge in [0.2, 0.25) is 5.91 Å². The van der Waals surface area contributed by atoms with Crippen LogP contribution in [0.3, 0.4) is 0 Å². The van der Waals surface area contributed by atoms with Gasteiger partial charge < -0.3 is 5.32 Å². The molecule has 0 aliphatic heterocycles. The molecule has 160 valence electrons. The molecule has 8 heteroatoms. The highest BCUT2D eigenvalue weighted by atomic mass is 32.1. The fourth-order valence-electron chi connectivity index (χ4n) is 3.95. The average Bonchev–Trinajstić information content (AvgIpc) is 3.48. The maximum atomic E-state index is 13.6. The van der Waals surface area contributed by atoms with E-state index in [2.05, 4.69) is 19.9 Å². The van der Waals surface area contributed by atoms with Crippen LogP contribution in [0.15, 0.2) is 48.1 Å². The molecule has 1 aliphatic rings. The lowest BCUT2D eigenvalue weighted by Gasteiger charge is -2.32. The lowest BCUT2D eigenvalue weighted by Crippen LogP contribution is -2.46. The highest BCUT2D eigenvalue weighted by molar-refractivity contribution is 7.03. The van der Waals surface area contributed by atoms with Crippen molar-refractivity contribution >= 4 is 29.0 Å². The molecule has 1 aromatic carbocycles. The topological polar surface area (TPSA) is 88.1 Å². The number of anilines is 1. The summed E-state index contributed by atoms with van der Waals surface area (Å²) in [4.78, 5) is 32.9. The van der Waals surface area contributed by atoms with Crippen LogP contribution >= 0.6 is 11.5 Å². The smallest absolute Gasteiger partial charge is 0.280 e. The van der Waals surface area contributed by atoms with Crippen molar-refractivity contribution in [2.45, 2.75) is 51.6 Å². The third-order valence-corrected chi connectivity index (χ3v) is 6.28. The summed E-state index contributed by atoms with van der Waals surface area (Å²) in [6.45, 7) is 4.00. The van der Waals surface area contributed by atoms with E-state index in [0.717, 1.165) is 48.3 Å². The number of rotatable bonds is 6. The van der Waals surface area contributed by atoms with Gasteiger partial charge in [0.05, 0.1) is 0 Å². The van der Waals surface area contributed by atoms with Gasteiger partial charge in [-0.15, -0.1) is 5.10 Å². The van der Waals surface area contributed by atoms with Crippen LogP contribution in [0.25, 0.3) is 0 Å². The third-order valence-electron chi connectivity index (χ3n) is 5.77. The second-order valence-electron chi connectivity index (χ2n) is 7.91. The Morgan fingerprint density at radius 2 is 1.97 bits per heavy atom. The van der Waals surface area contributed by atoms with Crippen LogP contribution in [-0.4, -0.2) is 32.4 Å². The first kappa shape index (κ1) is 21.1. The predicted octanol–water partition coefficient (Wildman–Crippen LogP) is 4.00. The summed E-state index contributed by atoms with van der Waals surface area (Å²) < 4.78 is 3.84. The SMILES string of the molecule is Cc1ccc(N(C(=O)c2csnn2)C(C(=O)NC2CCCC2)c2cccnc2)cc1C. The lowest BCUT2D eigenvalue weighted by molar-refractivity contribution is -0.123. The van der Waals surface area contributed by atoms with Crippen LogP contribution in [0.5, 0.6) is 0 Å². The number of aromatic nitrogens is 3. The molecule has 2 aromatic heterocycles. The molecule has 1 unspecified atom stereocenters. The summed E-state index contributed by atoms with van der Waals surface area (Å²) in [6, 6.07) is 8.62. The molecular weight excluding hydrogens is 410 g/mol. The van der Waals surface area contributed by atoms with Crippen molar-refractivity contribution in [1.82, 2.24) is 19.9 Å². The summed E-state index contributed by atoms with van der Waals surface area (Å²) >= 11 is 1.11. The molecule has 2 heterocycles. The average molecular weight is 436 g/mol. The summed E-state index contributed by atoms with van der Waals surface area (Å²) in [5, 5.41) is 8.73. The Kier molecular flexibility index (Phi) is 6.36. The second kappa shape index (κ2) is 9.34. The van der Waals surface area contributed by atoms with Gasteiger partial charge in [0.25, 0.3) is 5.91 Å². The number of nitrogens with one attached hydrogen (secondary N) is 1. The van der Waals surface area contributed by atoms with E-state index < -0.39 is 6.04 Å². The van der Waals surface area contributed by atoms with E-state index in [0.29, 0.717) is 11.3 Å². The molecule has 4 rings (SSSR count). The van der Waals surface area contributed by atoms with Crippen molar-refractivity contribution in [3.05, 3.63) is 70.5 Å². The van der Waals surface area contributed by atoms with Gasteiger partial charge in [-0.2, -0.15) is 0 Å². The molecule has 2 amide bonds. The van der Waals surface area contributed by atoms with Crippen molar-refractivity contribution in [2.24, 2.45) is 0 Å². The molecule has 3 aromatic rings. The highest BCUT2D eigenvalue weighted by Crippen LogP contribution is 2.31. The maximum absolute atomic E-state index is 13.6. The summed E-state index contributed by atoms with van der Waals surface area (Å²) in [5.41, 5.74) is 3.64. The van der Waals surface area contributed by atoms with Crippen LogP contribution in [0.1, 0.15) is 58.9 Å². The number of carbonyl (C=O) groups is 2. The zero-order chi connectivity index (χ0) is 21.8. The number of hydrogen-bond acceptors (Lipinski definition) is 6. The molecule has 1 N–H and O–H groups in total. The van der Waals surface area contributed by atoms with Gasteiger partial charge in [-0.25, -0.2) is 0 Å². The first-order valence-corrected chi connectivity index (χ1v) is 11.3. The summed E-state index contributed by atoms with van der Waals surface area (Å²) in [7, 11) is 0. The van der Waals surface area contributed by atoms with Gasteiger partial charge in [-0.1, -0.05) is 29.5 Å². The number of benzene rings is 1. The number of amides is 2. The fourth-order valence-corrected chi connectivity index (χ4v) is 4.38. The Balaban J connectivity index is 1.81. The predicted molar refractivity (Wildman–Crippen MR) is 120 cm³/mol. The van der Waals surface area contributed by atoms with Gasteiger partial charge in [0.1, 0.15) is 6.04 Å². The van der Waals surface area contributed by atoms with Crippen molar-refractivity contribution < 1.29 is 9.59 Å². The van der Waals surface area contributed by atoms with E-state index in [1.807, 2.05) is 38.1 Å². The Hall–Kier alpha value is -3.13. The van der Waals surface area contributed by atoms with Crippen molar-refractivity contribution in [3.63, 3.8) is 0 Å². The van der Waals surface area contributed by atoms with E-state index in [1.165, 1.54) is 4.90 Å². The Labute approximate surface area is 185 Å². The highest BCUT2D eigenvalue weighted by Gasteiger charge is 2.36. The zero-order valence-corrected chi connectivity index (χ0v) is 18.4. The maximum Gasteiger partial charge on any atom is 0.280 e. The molecule has 1 saturated carbocycles. The van der Waals surface area contributed by atoms with Crippen LogP contribution in [0.4, 0.5) is 5.69 Å². The minimum atomic E-state index is -0.870. The number of nitrogens with zero attached hydrogens (tertiary/aromatic N) is 4. The van der Waals surface area contributed by atoms with Crippen LogP contribution < -0.4 is 10.2 Å². The molecule has 0 radical (unpaired) electrons. The molecule has 7 nitrogen and oxygen atoms in total. The van der Waals surface area contributed by atoms with Gasteiger partial charge in [0, 0.05) is 35.1 Å². The monoisotopic (exact) mass is 435 g/mol. The van der Waals surface area contributed by atoms with Crippen LogP contribution in [0.2, 0.25) is 0 Å². The van der Waals surface area contributed by atoms with E-state index in [-0.39, 0.29) is 23.6 Å². The van der Waals surface area contributed by atoms with Crippen LogP contribution in [0, 0.1) is 13.8 Å². The second-order valence-corrected chi connectivity index (χ2v) is 8.52. The Morgan fingerprint density at radius 3 is 2.61 bits per heavy atom. The van der Waals surface area contributed by atoms with E-state index in [9.17, 15) is 9.59 Å². The largest absolute Gasteiger partial charge is 0.351 e. The van der Waals surface area contributed by atoms with Gasteiger partial charge >= 0.3 is 0 Å². The normalized spacial score (nSPS) is 14.9. The van der Waals surface area contributed by atoms with Crippen molar-refractivity contribution in [2.75, 3.05) is 4.90 Å². The molecule has 0 saturated heterocycles. The Morgan fingerprint density at radius 1 is 1.16 bits per heavy atom. The van der Waals surface area contributed by atoms with Gasteiger partial charge in [0.15, 0.2) is 5.69 Å². The van der Waals surface area contributed by atoms with Crippen molar-refractivity contribution in [3.8, 4) is 0 Å². The number of aryl methyl sites for hydroxylation is 2. The number of carbonyl (C=O) groups excluding carboxylic acids is 2. The van der Waals surface area contributed by atoms with Crippen molar-refractivity contribution in [1.29, 1.82) is 0 Å².